The molecule has 0 radical (unpaired) electrons. The van der Waals surface area contributed by atoms with E-state index in [1.54, 1.807) is 6.08 Å². The second kappa shape index (κ2) is 18.9. The Morgan fingerprint density at radius 2 is 1.76 bits per heavy atom. The van der Waals surface area contributed by atoms with Gasteiger partial charge >= 0.3 is 51.4 Å². The van der Waals surface area contributed by atoms with Crippen LogP contribution in [0.25, 0.3) is 0 Å². The molecule has 13 nitrogen and oxygen atoms in total. The second-order valence-electron chi connectivity index (χ2n) is 18.9. The molecule has 17 atom stereocenters. The van der Waals surface area contributed by atoms with E-state index < -0.39 is 71.7 Å². The molecule has 0 saturated carbocycles. The molecule has 7 aliphatic rings. The Hall–Kier alpha value is -0.114. The molecule has 0 aromatic rings. The average molecular weight is 843 g/mol. The number of carboxylic acids is 1. The fourth-order valence-corrected chi connectivity index (χ4v) is 10.5. The molecule has 0 aromatic carbocycles. The van der Waals surface area contributed by atoms with Gasteiger partial charge in [-0.1, -0.05) is 45.1 Å². The number of aliphatic carboxylic acids is 1. The van der Waals surface area contributed by atoms with E-state index in [2.05, 4.69) is 20.4 Å². The second-order valence-corrected chi connectivity index (χ2v) is 18.9. The summed E-state index contributed by atoms with van der Waals surface area (Å²) in [5, 5.41) is 56.0. The topological polar surface area (TPSA) is 186 Å². The normalized spacial score (nSPS) is 44.6. The molecule has 0 aromatic heterocycles. The van der Waals surface area contributed by atoms with Crippen LogP contribution in [0.15, 0.2) is 36.0 Å². The van der Waals surface area contributed by atoms with E-state index in [1.165, 1.54) is 6.92 Å². The quantitative estimate of drug-likeness (QED) is 0.180. The van der Waals surface area contributed by atoms with Gasteiger partial charge in [-0.2, -0.15) is 0 Å². The van der Waals surface area contributed by atoms with Crippen LogP contribution in [0.1, 0.15) is 125 Å². The van der Waals surface area contributed by atoms with Gasteiger partial charge in [-0.25, -0.2) is 0 Å². The van der Waals surface area contributed by atoms with E-state index in [0.717, 1.165) is 50.7 Å². The zero-order chi connectivity index (χ0) is 40.9. The number of carbonyl (C=O) groups excluding carboxylic acids is 1. The van der Waals surface area contributed by atoms with Gasteiger partial charge in [0.1, 0.15) is 30.0 Å². The van der Waals surface area contributed by atoms with E-state index in [-0.39, 0.29) is 88.0 Å². The zero-order valence-electron chi connectivity index (χ0n) is 35.5. The van der Waals surface area contributed by atoms with Crippen molar-refractivity contribution in [1.29, 1.82) is 0 Å². The van der Waals surface area contributed by atoms with Crippen LogP contribution in [0.3, 0.4) is 0 Å². The third-order valence-corrected chi connectivity index (χ3v) is 14.0. The molecule has 322 valence electrons. The summed E-state index contributed by atoms with van der Waals surface area (Å²) >= 11 is 0. The summed E-state index contributed by atoms with van der Waals surface area (Å²) in [6.45, 7) is 14.4. The minimum atomic E-state index is -2.07. The van der Waals surface area contributed by atoms with Gasteiger partial charge in [0.15, 0.2) is 11.6 Å². The van der Waals surface area contributed by atoms with E-state index in [4.69, 9.17) is 33.2 Å². The summed E-state index contributed by atoms with van der Waals surface area (Å²) in [7, 11) is 0. The van der Waals surface area contributed by atoms with Crippen LogP contribution in [0.4, 0.5) is 0 Å². The number of ether oxygens (including phenoxy) is 7. The maximum Gasteiger partial charge on any atom is 1.00 e. The Morgan fingerprint density at radius 3 is 2.48 bits per heavy atom. The van der Waals surface area contributed by atoms with Crippen molar-refractivity contribution in [3.8, 4) is 0 Å². The predicted molar refractivity (Wildman–Crippen MR) is 205 cm³/mol. The van der Waals surface area contributed by atoms with E-state index >= 15 is 0 Å². The van der Waals surface area contributed by atoms with Crippen LogP contribution in [0.2, 0.25) is 0 Å². The first-order chi connectivity index (χ1) is 26.9. The van der Waals surface area contributed by atoms with Gasteiger partial charge in [-0.15, -0.1) is 0 Å². The number of rotatable bonds is 10. The molecule has 7 rings (SSSR count). The van der Waals surface area contributed by atoms with Crippen molar-refractivity contribution in [1.82, 2.24) is 0 Å². The van der Waals surface area contributed by atoms with Gasteiger partial charge in [0.05, 0.1) is 49.2 Å². The SMILES string of the molecule is C=C1[C@@H](O)[C@@H]2O[C@]3(CC[C@H](/C=C/[C@@H](C)[C@@H]4CC(C)=C[C@@]5(O[C@H](C[C@@](C)(O)C(=O)[O-])CC[C@H]5O)O4)O3)CC[C@H]2O[C@@H]1[C@@H](O)CC(C)[C@H]1O[C@@]2(CCCCO2)CC[C@H]1C.[K+]. The smallest absolute Gasteiger partial charge is 0.547 e. The number of aliphatic hydroxyl groups excluding tert-OH is 3. The Morgan fingerprint density at radius 1 is 1.02 bits per heavy atom. The van der Waals surface area contributed by atoms with Crippen molar-refractivity contribution in [2.45, 2.75) is 209 Å². The zero-order valence-corrected chi connectivity index (χ0v) is 38.6. The van der Waals surface area contributed by atoms with E-state index in [9.17, 15) is 30.3 Å². The fraction of sp³-hybridized carbons (Fsp3) is 0.841. The first kappa shape index (κ1) is 47.4. The average Bonchev–Trinajstić information content (AvgIpc) is 3.56. The summed E-state index contributed by atoms with van der Waals surface area (Å²) < 4.78 is 45.2. The Labute approximate surface area is 386 Å². The Kier molecular flexibility index (Phi) is 15.5. The molecule has 58 heavy (non-hydrogen) atoms. The van der Waals surface area contributed by atoms with Gasteiger partial charge < -0.3 is 63.5 Å². The monoisotopic (exact) mass is 842 g/mol. The van der Waals surface area contributed by atoms with Crippen molar-refractivity contribution < 1.29 is 115 Å². The van der Waals surface area contributed by atoms with Crippen molar-refractivity contribution in [2.24, 2.45) is 17.8 Å². The standard InChI is InChI=1S/C44H68O13.K/c1-25-21-34(55-44(23-25)35(46)12-11-31(54-44)24-41(6,50)40(48)49)26(2)9-10-30-14-18-43(53-30)19-15-33-39(57-43)36(47)29(5)38(52-33)32(45)22-28(4)37-27(3)13-17-42(56-37)16-7-8-20-51-42;/h9-10,23,26-28,30-39,45-47,50H,5,7-8,11-22,24H2,1-4,6H3,(H,48,49);/q;+1/p-1/b10-9+;/t26-,27-,28?,30+,31+,32+,33-,34+,35-,36-,37+,38+,39-,41-,42+,43-,44-;/m1./s1. The largest absolute Gasteiger partial charge is 1.00 e. The fourth-order valence-electron chi connectivity index (χ4n) is 10.5. The van der Waals surface area contributed by atoms with Gasteiger partial charge in [0.2, 0.25) is 5.79 Å². The van der Waals surface area contributed by atoms with Gasteiger partial charge in [0, 0.05) is 38.0 Å². The number of carboxylic acid groups (broad SMARTS) is 1. The Bertz CT molecular complexity index is 1510. The number of hydrogen-bond donors (Lipinski definition) is 4. The summed E-state index contributed by atoms with van der Waals surface area (Å²) in [5.41, 5.74) is -0.677. The van der Waals surface area contributed by atoms with Crippen molar-refractivity contribution in [3.05, 3.63) is 36.0 Å². The minimum Gasteiger partial charge on any atom is -0.547 e. The van der Waals surface area contributed by atoms with Crippen molar-refractivity contribution in [2.75, 3.05) is 6.61 Å². The molecule has 6 saturated heterocycles. The third-order valence-electron chi connectivity index (χ3n) is 14.0. The van der Waals surface area contributed by atoms with Crippen LogP contribution in [0, 0.1) is 17.8 Å². The van der Waals surface area contributed by atoms with E-state index in [1.807, 2.05) is 26.0 Å². The third kappa shape index (κ3) is 10.1. The summed E-state index contributed by atoms with van der Waals surface area (Å²) in [5.74, 6) is -4.11. The maximum atomic E-state index is 11.5. The van der Waals surface area contributed by atoms with Gasteiger partial charge in [0.25, 0.3) is 0 Å². The van der Waals surface area contributed by atoms with Crippen molar-refractivity contribution >= 4 is 5.97 Å². The number of fused-ring (bicyclic) bond motifs is 1. The first-order valence-electron chi connectivity index (χ1n) is 21.6. The number of hydrogen-bond acceptors (Lipinski definition) is 13. The molecule has 3 spiro atoms. The summed E-state index contributed by atoms with van der Waals surface area (Å²) in [6.07, 6.45) is 9.10. The van der Waals surface area contributed by atoms with Crippen molar-refractivity contribution in [3.63, 3.8) is 0 Å². The van der Waals surface area contributed by atoms with Crippen LogP contribution >= 0.6 is 0 Å². The maximum absolute atomic E-state index is 11.5. The molecular formula is C44H67KO13. The summed E-state index contributed by atoms with van der Waals surface area (Å²) in [4.78, 5) is 11.5. The van der Waals surface area contributed by atoms with Crippen LogP contribution < -0.4 is 56.5 Å². The predicted octanol–water partition coefficient (Wildman–Crippen LogP) is 0.883. The van der Waals surface area contributed by atoms with Gasteiger partial charge in [-0.3, -0.25) is 0 Å². The van der Waals surface area contributed by atoms with Gasteiger partial charge in [-0.05, 0) is 95.1 Å². The molecule has 0 aliphatic carbocycles. The molecule has 0 amide bonds. The summed E-state index contributed by atoms with van der Waals surface area (Å²) in [6, 6.07) is 0. The molecule has 4 N–H and O–H groups in total. The minimum absolute atomic E-state index is 0. The molecule has 1 unspecified atom stereocenters. The molecule has 0 bridgehead atoms. The first-order valence-corrected chi connectivity index (χ1v) is 21.6. The molecule has 6 fully saturated rings. The van der Waals surface area contributed by atoms with E-state index in [0.29, 0.717) is 56.4 Å². The van der Waals surface area contributed by atoms with Crippen LogP contribution in [-0.4, -0.2) is 117 Å². The molecule has 7 aliphatic heterocycles. The molecular weight excluding hydrogens is 776 g/mol. The number of aliphatic hydroxyl groups is 4. The van der Waals surface area contributed by atoms with Crippen LogP contribution in [0.5, 0.6) is 0 Å². The Balaban J connectivity index is 0.00000567. The van der Waals surface area contributed by atoms with Crippen LogP contribution in [-0.2, 0) is 38.0 Å². The molecule has 7 heterocycles. The number of carbonyl (C=O) groups is 1. The molecule has 14 heteroatoms.